The molecule has 0 bridgehead atoms. The van der Waals surface area contributed by atoms with Crippen LogP contribution in [-0.2, 0) is 6.42 Å². The summed E-state index contributed by atoms with van der Waals surface area (Å²) in [6, 6.07) is 8.91. The zero-order valence-electron chi connectivity index (χ0n) is 11.9. The van der Waals surface area contributed by atoms with Gasteiger partial charge in [0.1, 0.15) is 0 Å². The van der Waals surface area contributed by atoms with Gasteiger partial charge < -0.3 is 10.6 Å². The van der Waals surface area contributed by atoms with E-state index in [9.17, 15) is 0 Å². The van der Waals surface area contributed by atoms with Crippen molar-refractivity contribution < 1.29 is 0 Å². The summed E-state index contributed by atoms with van der Waals surface area (Å²) >= 11 is 5.43. The van der Waals surface area contributed by atoms with Crippen molar-refractivity contribution in [2.75, 3.05) is 5.32 Å². The van der Waals surface area contributed by atoms with Gasteiger partial charge >= 0.3 is 0 Å². The molecule has 104 valence electrons. The normalized spacial score (nSPS) is 22.8. The maximum atomic E-state index is 5.43. The van der Waals surface area contributed by atoms with Crippen LogP contribution in [0.5, 0.6) is 0 Å². The Hall–Kier alpha value is -1.09. The first-order valence-electron chi connectivity index (χ1n) is 7.34. The van der Waals surface area contributed by atoms with Crippen LogP contribution in [0, 0.1) is 5.92 Å². The van der Waals surface area contributed by atoms with Crippen molar-refractivity contribution in [1.82, 2.24) is 5.32 Å². The fourth-order valence-corrected chi connectivity index (χ4v) is 2.98. The molecule has 1 aromatic carbocycles. The SMILES string of the molecule is CCc1ccccc1NC(=S)NC1CCC(C)CC1. The van der Waals surface area contributed by atoms with Gasteiger partial charge in [-0.15, -0.1) is 0 Å². The molecule has 0 spiro atoms. The molecule has 1 fully saturated rings. The number of hydrogen-bond donors (Lipinski definition) is 2. The third-order valence-corrected chi connectivity index (χ3v) is 4.22. The minimum atomic E-state index is 0.546. The summed E-state index contributed by atoms with van der Waals surface area (Å²) in [6.45, 7) is 4.50. The van der Waals surface area contributed by atoms with E-state index in [1.807, 2.05) is 6.07 Å². The molecule has 3 heteroatoms. The van der Waals surface area contributed by atoms with Crippen LogP contribution in [-0.4, -0.2) is 11.2 Å². The summed E-state index contributed by atoms with van der Waals surface area (Å²) in [5, 5.41) is 7.56. The molecule has 0 aromatic heterocycles. The Morgan fingerprint density at radius 3 is 2.58 bits per heavy atom. The summed E-state index contributed by atoms with van der Waals surface area (Å²) in [6.07, 6.45) is 6.11. The molecule has 0 radical (unpaired) electrons. The molecule has 2 N–H and O–H groups in total. The Morgan fingerprint density at radius 1 is 1.21 bits per heavy atom. The minimum Gasteiger partial charge on any atom is -0.360 e. The van der Waals surface area contributed by atoms with Crippen LogP contribution < -0.4 is 10.6 Å². The molecule has 19 heavy (non-hydrogen) atoms. The lowest BCUT2D eigenvalue weighted by molar-refractivity contribution is 0.332. The van der Waals surface area contributed by atoms with E-state index >= 15 is 0 Å². The smallest absolute Gasteiger partial charge is 0.171 e. The third kappa shape index (κ3) is 4.20. The lowest BCUT2D eigenvalue weighted by Crippen LogP contribution is -2.39. The molecule has 2 nitrogen and oxygen atoms in total. The van der Waals surface area contributed by atoms with E-state index < -0.39 is 0 Å². The van der Waals surface area contributed by atoms with E-state index in [1.165, 1.54) is 31.2 Å². The average Bonchev–Trinajstić information content (AvgIpc) is 2.42. The molecule has 1 aromatic rings. The van der Waals surface area contributed by atoms with Crippen LogP contribution in [0.25, 0.3) is 0 Å². The van der Waals surface area contributed by atoms with Crippen molar-refractivity contribution in [3.05, 3.63) is 29.8 Å². The van der Waals surface area contributed by atoms with Crippen LogP contribution in [0.4, 0.5) is 5.69 Å². The molecule has 0 atom stereocenters. The first-order chi connectivity index (χ1) is 9.19. The van der Waals surface area contributed by atoms with Crippen LogP contribution >= 0.6 is 12.2 Å². The molecule has 1 aliphatic rings. The van der Waals surface area contributed by atoms with E-state index in [0.29, 0.717) is 6.04 Å². The highest BCUT2D eigenvalue weighted by Gasteiger charge is 2.18. The highest BCUT2D eigenvalue weighted by molar-refractivity contribution is 7.80. The summed E-state index contributed by atoms with van der Waals surface area (Å²) in [7, 11) is 0. The zero-order chi connectivity index (χ0) is 13.7. The topological polar surface area (TPSA) is 24.1 Å². The second-order valence-electron chi connectivity index (χ2n) is 5.57. The Bertz CT molecular complexity index is 423. The van der Waals surface area contributed by atoms with Gasteiger partial charge in [0.2, 0.25) is 0 Å². The molecule has 1 aliphatic carbocycles. The lowest BCUT2D eigenvalue weighted by Gasteiger charge is -2.28. The summed E-state index contributed by atoms with van der Waals surface area (Å²) in [5.74, 6) is 0.875. The van der Waals surface area contributed by atoms with Gasteiger partial charge in [0.05, 0.1) is 0 Å². The first-order valence-corrected chi connectivity index (χ1v) is 7.75. The van der Waals surface area contributed by atoms with E-state index in [1.54, 1.807) is 0 Å². The Morgan fingerprint density at radius 2 is 1.89 bits per heavy atom. The predicted octanol–water partition coefficient (Wildman–Crippen LogP) is 4.11. The molecular formula is C16H24N2S. The molecule has 1 saturated carbocycles. The molecule has 0 heterocycles. The molecule has 2 rings (SSSR count). The van der Waals surface area contributed by atoms with Gasteiger partial charge in [0.25, 0.3) is 0 Å². The first kappa shape index (κ1) is 14.3. The van der Waals surface area contributed by atoms with Gasteiger partial charge in [-0.25, -0.2) is 0 Å². The highest BCUT2D eigenvalue weighted by Crippen LogP contribution is 2.23. The summed E-state index contributed by atoms with van der Waals surface area (Å²) in [4.78, 5) is 0. The Kier molecular flexibility index (Phi) is 5.20. The Balaban J connectivity index is 1.87. The number of aryl methyl sites for hydroxylation is 1. The third-order valence-electron chi connectivity index (χ3n) is 4.00. The summed E-state index contributed by atoms with van der Waals surface area (Å²) < 4.78 is 0. The van der Waals surface area contributed by atoms with Crippen LogP contribution in [0.2, 0.25) is 0 Å². The van der Waals surface area contributed by atoms with Crippen LogP contribution in [0.1, 0.15) is 45.1 Å². The molecular weight excluding hydrogens is 252 g/mol. The monoisotopic (exact) mass is 276 g/mol. The number of benzene rings is 1. The largest absolute Gasteiger partial charge is 0.360 e. The van der Waals surface area contributed by atoms with Crippen LogP contribution in [0.15, 0.2) is 24.3 Å². The van der Waals surface area contributed by atoms with Gasteiger partial charge in [-0.2, -0.15) is 0 Å². The molecule has 0 saturated heterocycles. The second kappa shape index (κ2) is 6.90. The van der Waals surface area contributed by atoms with Crippen molar-refractivity contribution in [2.24, 2.45) is 5.92 Å². The minimum absolute atomic E-state index is 0.546. The molecule has 0 amide bonds. The number of hydrogen-bond acceptors (Lipinski definition) is 1. The lowest BCUT2D eigenvalue weighted by atomic mass is 9.87. The fraction of sp³-hybridized carbons (Fsp3) is 0.562. The van der Waals surface area contributed by atoms with Crippen molar-refractivity contribution in [3.8, 4) is 0 Å². The quantitative estimate of drug-likeness (QED) is 0.812. The molecule has 0 aliphatic heterocycles. The maximum Gasteiger partial charge on any atom is 0.171 e. The molecule has 0 unspecified atom stereocenters. The van der Waals surface area contributed by atoms with Crippen molar-refractivity contribution in [3.63, 3.8) is 0 Å². The predicted molar refractivity (Wildman–Crippen MR) is 86.6 cm³/mol. The van der Waals surface area contributed by atoms with Crippen LogP contribution in [0.3, 0.4) is 0 Å². The van der Waals surface area contributed by atoms with Gasteiger partial charge in [0, 0.05) is 11.7 Å². The van der Waals surface area contributed by atoms with Gasteiger partial charge in [0.15, 0.2) is 5.11 Å². The van der Waals surface area contributed by atoms with Crippen molar-refractivity contribution in [1.29, 1.82) is 0 Å². The zero-order valence-corrected chi connectivity index (χ0v) is 12.7. The van der Waals surface area contributed by atoms with Gasteiger partial charge in [-0.05, 0) is 61.9 Å². The number of para-hydroxylation sites is 1. The van der Waals surface area contributed by atoms with E-state index in [-0.39, 0.29) is 0 Å². The standard InChI is InChI=1S/C16H24N2S/c1-3-13-6-4-5-7-15(13)18-16(19)17-14-10-8-12(2)9-11-14/h4-7,12,14H,3,8-11H2,1-2H3,(H2,17,18,19). The van der Waals surface area contributed by atoms with E-state index in [0.717, 1.165) is 23.1 Å². The maximum absolute atomic E-state index is 5.43. The van der Waals surface area contributed by atoms with E-state index in [2.05, 4.69) is 42.7 Å². The van der Waals surface area contributed by atoms with Crippen molar-refractivity contribution in [2.45, 2.75) is 52.0 Å². The van der Waals surface area contributed by atoms with Gasteiger partial charge in [-0.1, -0.05) is 32.0 Å². The number of rotatable bonds is 3. The number of thiocarbonyl (C=S) groups is 1. The van der Waals surface area contributed by atoms with Gasteiger partial charge in [-0.3, -0.25) is 0 Å². The van der Waals surface area contributed by atoms with E-state index in [4.69, 9.17) is 12.2 Å². The highest BCUT2D eigenvalue weighted by atomic mass is 32.1. The van der Waals surface area contributed by atoms with Crippen molar-refractivity contribution >= 4 is 23.0 Å². The Labute approximate surface area is 122 Å². The average molecular weight is 276 g/mol. The number of anilines is 1. The number of nitrogens with one attached hydrogen (secondary N) is 2. The second-order valence-corrected chi connectivity index (χ2v) is 5.97. The fourth-order valence-electron chi connectivity index (χ4n) is 2.70. The summed E-state index contributed by atoms with van der Waals surface area (Å²) in [5.41, 5.74) is 2.44.